The lowest BCUT2D eigenvalue weighted by molar-refractivity contribution is -0.112. The van der Waals surface area contributed by atoms with Crippen molar-refractivity contribution in [1.82, 2.24) is 0 Å². The van der Waals surface area contributed by atoms with Gasteiger partial charge in [0.15, 0.2) is 0 Å². The zero-order valence-electron chi connectivity index (χ0n) is 11.6. The Labute approximate surface area is 142 Å². The maximum absolute atomic E-state index is 13.1. The summed E-state index contributed by atoms with van der Waals surface area (Å²) in [6.45, 7) is 0. The molecule has 0 heterocycles. The number of carbonyl (C=O) groups is 1. The summed E-state index contributed by atoms with van der Waals surface area (Å²) in [6.07, 6.45) is 1.21. The minimum atomic E-state index is -0.601. The van der Waals surface area contributed by atoms with Gasteiger partial charge in [0.2, 0.25) is 0 Å². The second-order valence-corrected chi connectivity index (χ2v) is 5.25. The number of rotatable bonds is 4. The van der Waals surface area contributed by atoms with Crippen molar-refractivity contribution in [3.63, 3.8) is 0 Å². The SMILES string of the molecule is N#C/C(=C/Nc1ccc(F)c(Cl)c1)C(=O)Nc1cccc(Cl)c1. The molecular weight excluding hydrogens is 340 g/mol. The first-order valence-electron chi connectivity index (χ1n) is 6.38. The Kier molecular flexibility index (Phi) is 5.58. The van der Waals surface area contributed by atoms with Crippen molar-refractivity contribution >= 4 is 40.5 Å². The molecule has 0 spiro atoms. The van der Waals surface area contributed by atoms with E-state index in [0.717, 1.165) is 0 Å². The van der Waals surface area contributed by atoms with Gasteiger partial charge in [0, 0.05) is 22.6 Å². The van der Waals surface area contributed by atoms with Crippen molar-refractivity contribution in [2.45, 2.75) is 0 Å². The predicted molar refractivity (Wildman–Crippen MR) is 88.8 cm³/mol. The highest BCUT2D eigenvalue weighted by Crippen LogP contribution is 2.20. The summed E-state index contributed by atoms with van der Waals surface area (Å²) in [5.41, 5.74) is 0.749. The Bertz CT molecular complexity index is 815. The number of amides is 1. The van der Waals surface area contributed by atoms with E-state index in [1.807, 2.05) is 0 Å². The van der Waals surface area contributed by atoms with Crippen molar-refractivity contribution in [2.75, 3.05) is 10.6 Å². The smallest absolute Gasteiger partial charge is 0.267 e. The summed E-state index contributed by atoms with van der Waals surface area (Å²) in [6, 6.07) is 12.3. The molecule has 7 heteroatoms. The summed E-state index contributed by atoms with van der Waals surface area (Å²) in [5, 5.41) is 14.7. The van der Waals surface area contributed by atoms with Crippen LogP contribution < -0.4 is 10.6 Å². The lowest BCUT2D eigenvalue weighted by Gasteiger charge is -2.06. The Hall–Kier alpha value is -2.55. The van der Waals surface area contributed by atoms with Gasteiger partial charge in [-0.05, 0) is 36.4 Å². The molecule has 0 saturated carbocycles. The average Bonchev–Trinajstić information content (AvgIpc) is 2.51. The summed E-state index contributed by atoms with van der Waals surface area (Å²) in [7, 11) is 0. The molecule has 0 aliphatic heterocycles. The van der Waals surface area contributed by atoms with Crippen LogP contribution in [0, 0.1) is 17.1 Å². The van der Waals surface area contributed by atoms with E-state index in [2.05, 4.69) is 10.6 Å². The lowest BCUT2D eigenvalue weighted by atomic mass is 10.2. The van der Waals surface area contributed by atoms with E-state index in [9.17, 15) is 9.18 Å². The van der Waals surface area contributed by atoms with Crippen LogP contribution in [0.2, 0.25) is 10.0 Å². The lowest BCUT2D eigenvalue weighted by Crippen LogP contribution is -2.14. The monoisotopic (exact) mass is 349 g/mol. The number of hydrogen-bond donors (Lipinski definition) is 2. The molecule has 0 radical (unpaired) electrons. The van der Waals surface area contributed by atoms with Crippen LogP contribution in [0.5, 0.6) is 0 Å². The Morgan fingerprint density at radius 1 is 1.17 bits per heavy atom. The molecule has 0 aliphatic rings. The molecule has 116 valence electrons. The molecule has 0 bridgehead atoms. The largest absolute Gasteiger partial charge is 0.360 e. The van der Waals surface area contributed by atoms with Crippen LogP contribution in [0.15, 0.2) is 54.2 Å². The van der Waals surface area contributed by atoms with Gasteiger partial charge < -0.3 is 10.6 Å². The molecule has 4 nitrogen and oxygen atoms in total. The van der Waals surface area contributed by atoms with Crippen LogP contribution in [0.25, 0.3) is 0 Å². The molecule has 23 heavy (non-hydrogen) atoms. The molecule has 0 saturated heterocycles. The second kappa shape index (κ2) is 7.63. The van der Waals surface area contributed by atoms with Crippen LogP contribution in [-0.2, 0) is 4.79 Å². The standard InChI is InChI=1S/C16H10Cl2FN3O/c17-11-2-1-3-13(6-11)22-16(23)10(8-20)9-21-12-4-5-15(19)14(18)7-12/h1-7,9,21H,(H,22,23)/b10-9-. The van der Waals surface area contributed by atoms with Crippen molar-refractivity contribution in [2.24, 2.45) is 0 Å². The van der Waals surface area contributed by atoms with E-state index < -0.39 is 11.7 Å². The summed E-state index contributed by atoms with van der Waals surface area (Å²) in [5.74, 6) is -1.16. The fourth-order valence-corrected chi connectivity index (χ4v) is 2.03. The molecule has 0 fully saturated rings. The maximum Gasteiger partial charge on any atom is 0.267 e. The third-order valence-electron chi connectivity index (χ3n) is 2.75. The molecule has 2 aromatic carbocycles. The molecule has 1 amide bonds. The fourth-order valence-electron chi connectivity index (χ4n) is 1.65. The van der Waals surface area contributed by atoms with Gasteiger partial charge in [-0.2, -0.15) is 5.26 Å². The number of nitrogens with one attached hydrogen (secondary N) is 2. The summed E-state index contributed by atoms with van der Waals surface area (Å²) >= 11 is 11.5. The summed E-state index contributed by atoms with van der Waals surface area (Å²) in [4.78, 5) is 12.0. The van der Waals surface area contributed by atoms with Crippen molar-refractivity contribution in [3.05, 3.63) is 70.1 Å². The number of carbonyl (C=O) groups excluding carboxylic acids is 1. The van der Waals surface area contributed by atoms with Crippen LogP contribution in [0.1, 0.15) is 0 Å². The number of benzene rings is 2. The molecule has 2 rings (SSSR count). The van der Waals surface area contributed by atoms with E-state index in [-0.39, 0.29) is 10.6 Å². The zero-order chi connectivity index (χ0) is 16.8. The van der Waals surface area contributed by atoms with Crippen LogP contribution in [-0.4, -0.2) is 5.91 Å². The minimum absolute atomic E-state index is 0.0645. The van der Waals surface area contributed by atoms with Gasteiger partial charge in [-0.3, -0.25) is 4.79 Å². The van der Waals surface area contributed by atoms with E-state index in [0.29, 0.717) is 16.4 Å². The third kappa shape index (κ3) is 4.71. The van der Waals surface area contributed by atoms with Gasteiger partial charge in [0.1, 0.15) is 17.5 Å². The fraction of sp³-hybridized carbons (Fsp3) is 0. The highest BCUT2D eigenvalue weighted by Gasteiger charge is 2.09. The van der Waals surface area contributed by atoms with E-state index >= 15 is 0 Å². The van der Waals surface area contributed by atoms with Crippen LogP contribution in [0.4, 0.5) is 15.8 Å². The molecule has 2 aromatic rings. The highest BCUT2D eigenvalue weighted by molar-refractivity contribution is 6.31. The predicted octanol–water partition coefficient (Wildman–Crippen LogP) is 4.59. The van der Waals surface area contributed by atoms with E-state index in [1.54, 1.807) is 30.3 Å². The van der Waals surface area contributed by atoms with Crippen molar-refractivity contribution < 1.29 is 9.18 Å². The number of anilines is 2. The molecule has 2 N–H and O–H groups in total. The first-order chi connectivity index (χ1) is 11.0. The first kappa shape index (κ1) is 16.8. The van der Waals surface area contributed by atoms with Crippen molar-refractivity contribution in [1.29, 1.82) is 5.26 Å². The molecule has 0 aliphatic carbocycles. The Balaban J connectivity index is 2.10. The number of nitrogens with zero attached hydrogens (tertiary/aromatic N) is 1. The first-order valence-corrected chi connectivity index (χ1v) is 7.14. The molecular formula is C16H10Cl2FN3O. The van der Waals surface area contributed by atoms with Gasteiger partial charge >= 0.3 is 0 Å². The van der Waals surface area contributed by atoms with Gasteiger partial charge in [-0.15, -0.1) is 0 Å². The third-order valence-corrected chi connectivity index (χ3v) is 3.28. The minimum Gasteiger partial charge on any atom is -0.360 e. The Morgan fingerprint density at radius 3 is 2.61 bits per heavy atom. The van der Waals surface area contributed by atoms with Gasteiger partial charge in [-0.25, -0.2) is 4.39 Å². The normalized spacial score (nSPS) is 10.8. The maximum atomic E-state index is 13.1. The number of hydrogen-bond acceptors (Lipinski definition) is 3. The highest BCUT2D eigenvalue weighted by atomic mass is 35.5. The number of halogens is 3. The van der Waals surface area contributed by atoms with Crippen LogP contribution >= 0.6 is 23.2 Å². The zero-order valence-corrected chi connectivity index (χ0v) is 13.1. The summed E-state index contributed by atoms with van der Waals surface area (Å²) < 4.78 is 13.1. The van der Waals surface area contributed by atoms with Crippen molar-refractivity contribution in [3.8, 4) is 6.07 Å². The van der Waals surface area contributed by atoms with Gasteiger partial charge in [0.25, 0.3) is 5.91 Å². The quantitative estimate of drug-likeness (QED) is 0.626. The molecule has 0 unspecified atom stereocenters. The van der Waals surface area contributed by atoms with Crippen LogP contribution in [0.3, 0.4) is 0 Å². The molecule has 0 aromatic heterocycles. The Morgan fingerprint density at radius 2 is 1.96 bits per heavy atom. The second-order valence-electron chi connectivity index (χ2n) is 4.41. The van der Waals surface area contributed by atoms with Gasteiger partial charge in [0.05, 0.1) is 5.02 Å². The topological polar surface area (TPSA) is 64.9 Å². The van der Waals surface area contributed by atoms with E-state index in [1.165, 1.54) is 24.4 Å². The van der Waals surface area contributed by atoms with Gasteiger partial charge in [-0.1, -0.05) is 29.3 Å². The average molecular weight is 350 g/mol. The molecule has 0 atom stereocenters. The van der Waals surface area contributed by atoms with E-state index in [4.69, 9.17) is 28.5 Å². The number of nitriles is 1.